The van der Waals surface area contributed by atoms with Crippen molar-refractivity contribution >= 4 is 23.1 Å². The highest BCUT2D eigenvalue weighted by Gasteiger charge is 2.38. The Morgan fingerprint density at radius 2 is 2.00 bits per heavy atom. The van der Waals surface area contributed by atoms with Crippen LogP contribution in [0.1, 0.15) is 59.3 Å². The van der Waals surface area contributed by atoms with Crippen LogP contribution in [0, 0.1) is 17.3 Å². The summed E-state index contributed by atoms with van der Waals surface area (Å²) in [5, 5.41) is 3.09. The summed E-state index contributed by atoms with van der Waals surface area (Å²) in [6, 6.07) is 0. The summed E-state index contributed by atoms with van der Waals surface area (Å²) in [4.78, 5) is 12.7. The van der Waals surface area contributed by atoms with Crippen molar-refractivity contribution in [1.82, 2.24) is 5.32 Å². The summed E-state index contributed by atoms with van der Waals surface area (Å²) in [7, 11) is 0. The summed E-state index contributed by atoms with van der Waals surface area (Å²) >= 11 is 5.11. The first-order chi connectivity index (χ1) is 8.96. The summed E-state index contributed by atoms with van der Waals surface area (Å²) < 4.78 is 0. The molecular formula is C15H28N2OS. The van der Waals surface area contributed by atoms with E-state index in [0.29, 0.717) is 23.7 Å². The van der Waals surface area contributed by atoms with Gasteiger partial charge in [-0.05, 0) is 37.5 Å². The lowest BCUT2D eigenvalue weighted by atomic mass is 9.80. The van der Waals surface area contributed by atoms with Gasteiger partial charge in [-0.2, -0.15) is 0 Å². The number of carbonyl (C=O) groups is 1. The molecule has 1 fully saturated rings. The van der Waals surface area contributed by atoms with Crippen molar-refractivity contribution in [3.8, 4) is 0 Å². The van der Waals surface area contributed by atoms with E-state index < -0.39 is 5.41 Å². The molecule has 1 saturated carbocycles. The molecule has 3 nitrogen and oxygen atoms in total. The molecule has 0 aliphatic heterocycles. The van der Waals surface area contributed by atoms with E-state index in [1.54, 1.807) is 0 Å². The zero-order chi connectivity index (χ0) is 14.5. The monoisotopic (exact) mass is 284 g/mol. The SMILES string of the molecule is CCC(CC)(C(=O)NCC1CCCC(C)C1)C(N)=S. The van der Waals surface area contributed by atoms with E-state index >= 15 is 0 Å². The molecule has 0 aromatic rings. The van der Waals surface area contributed by atoms with Crippen molar-refractivity contribution in [3.05, 3.63) is 0 Å². The first kappa shape index (κ1) is 16.4. The smallest absolute Gasteiger partial charge is 0.233 e. The topological polar surface area (TPSA) is 55.1 Å². The van der Waals surface area contributed by atoms with Gasteiger partial charge >= 0.3 is 0 Å². The number of hydrogen-bond donors (Lipinski definition) is 2. The Labute approximate surface area is 122 Å². The maximum Gasteiger partial charge on any atom is 0.233 e. The Morgan fingerprint density at radius 1 is 1.37 bits per heavy atom. The molecular weight excluding hydrogens is 256 g/mol. The van der Waals surface area contributed by atoms with E-state index in [0.717, 1.165) is 12.5 Å². The van der Waals surface area contributed by atoms with E-state index in [9.17, 15) is 4.79 Å². The molecule has 0 aromatic heterocycles. The van der Waals surface area contributed by atoms with Crippen LogP contribution in [0.3, 0.4) is 0 Å². The molecule has 0 aromatic carbocycles. The van der Waals surface area contributed by atoms with Gasteiger partial charge in [0.1, 0.15) is 0 Å². The number of thiocarbonyl (C=S) groups is 1. The minimum absolute atomic E-state index is 0.0169. The van der Waals surface area contributed by atoms with Gasteiger partial charge in [-0.25, -0.2) is 0 Å². The predicted octanol–water partition coefficient (Wildman–Crippen LogP) is 3.02. The highest BCUT2D eigenvalue weighted by Crippen LogP contribution is 2.30. The zero-order valence-corrected chi connectivity index (χ0v) is 13.3. The van der Waals surface area contributed by atoms with Crippen LogP contribution in [-0.4, -0.2) is 17.4 Å². The molecule has 19 heavy (non-hydrogen) atoms. The number of nitrogens with one attached hydrogen (secondary N) is 1. The second-order valence-corrected chi connectivity index (χ2v) is 6.44. The second kappa shape index (κ2) is 7.22. The van der Waals surface area contributed by atoms with Crippen LogP contribution < -0.4 is 11.1 Å². The molecule has 1 rings (SSSR count). The minimum atomic E-state index is -0.657. The fourth-order valence-electron chi connectivity index (χ4n) is 3.18. The molecule has 2 atom stereocenters. The van der Waals surface area contributed by atoms with Gasteiger partial charge in [0.15, 0.2) is 0 Å². The lowest BCUT2D eigenvalue weighted by Crippen LogP contribution is -2.49. The third-order valence-electron chi connectivity index (χ3n) is 4.71. The summed E-state index contributed by atoms with van der Waals surface area (Å²) in [6.07, 6.45) is 6.40. The molecule has 2 unspecified atom stereocenters. The van der Waals surface area contributed by atoms with E-state index in [2.05, 4.69) is 12.2 Å². The molecule has 0 saturated heterocycles. The van der Waals surface area contributed by atoms with Gasteiger partial charge < -0.3 is 11.1 Å². The van der Waals surface area contributed by atoms with Crippen molar-refractivity contribution in [1.29, 1.82) is 0 Å². The van der Waals surface area contributed by atoms with Gasteiger partial charge in [-0.3, -0.25) is 4.79 Å². The highest BCUT2D eigenvalue weighted by atomic mass is 32.1. The van der Waals surface area contributed by atoms with Crippen LogP contribution in [0.15, 0.2) is 0 Å². The number of carbonyl (C=O) groups excluding carboxylic acids is 1. The van der Waals surface area contributed by atoms with Crippen molar-refractivity contribution in [3.63, 3.8) is 0 Å². The van der Waals surface area contributed by atoms with E-state index in [1.165, 1.54) is 25.7 Å². The first-order valence-corrected chi connectivity index (χ1v) is 7.95. The average Bonchev–Trinajstić information content (AvgIpc) is 2.38. The van der Waals surface area contributed by atoms with Gasteiger partial charge in [-0.1, -0.05) is 45.8 Å². The number of rotatable bonds is 6. The van der Waals surface area contributed by atoms with E-state index in [4.69, 9.17) is 18.0 Å². The van der Waals surface area contributed by atoms with E-state index in [-0.39, 0.29) is 5.91 Å². The standard InChI is InChI=1S/C15H28N2OS/c1-4-15(5-2,13(16)19)14(18)17-10-12-8-6-7-11(3)9-12/h11-12H,4-10H2,1-3H3,(H2,16,19)(H,17,18). The summed E-state index contributed by atoms with van der Waals surface area (Å²) in [5.74, 6) is 1.42. The lowest BCUT2D eigenvalue weighted by Gasteiger charge is -2.31. The van der Waals surface area contributed by atoms with E-state index in [1.807, 2.05) is 13.8 Å². The van der Waals surface area contributed by atoms with Gasteiger partial charge in [0.25, 0.3) is 0 Å². The fourth-order valence-corrected chi connectivity index (χ4v) is 3.56. The van der Waals surface area contributed by atoms with Crippen LogP contribution in [-0.2, 0) is 4.79 Å². The predicted molar refractivity (Wildman–Crippen MR) is 83.9 cm³/mol. The molecule has 0 bridgehead atoms. The lowest BCUT2D eigenvalue weighted by molar-refractivity contribution is -0.128. The third-order valence-corrected chi connectivity index (χ3v) is 5.10. The molecule has 0 spiro atoms. The Hall–Kier alpha value is -0.640. The summed E-state index contributed by atoms with van der Waals surface area (Å²) in [5.41, 5.74) is 5.14. The van der Waals surface area contributed by atoms with Crippen LogP contribution >= 0.6 is 12.2 Å². The Bertz CT molecular complexity index is 326. The molecule has 1 aliphatic carbocycles. The Balaban J connectivity index is 2.55. The molecule has 0 radical (unpaired) electrons. The molecule has 4 heteroatoms. The van der Waals surface area contributed by atoms with Crippen LogP contribution in [0.2, 0.25) is 0 Å². The van der Waals surface area contributed by atoms with Gasteiger partial charge in [0.2, 0.25) is 5.91 Å². The van der Waals surface area contributed by atoms with Crippen molar-refractivity contribution < 1.29 is 4.79 Å². The molecule has 1 amide bonds. The molecule has 0 heterocycles. The zero-order valence-electron chi connectivity index (χ0n) is 12.5. The van der Waals surface area contributed by atoms with Crippen molar-refractivity contribution in [2.45, 2.75) is 59.3 Å². The highest BCUT2D eigenvalue weighted by molar-refractivity contribution is 7.80. The van der Waals surface area contributed by atoms with Crippen LogP contribution in [0.4, 0.5) is 0 Å². The minimum Gasteiger partial charge on any atom is -0.392 e. The summed E-state index contributed by atoms with van der Waals surface area (Å²) in [6.45, 7) is 7.02. The number of hydrogen-bond acceptors (Lipinski definition) is 2. The molecule has 1 aliphatic rings. The Morgan fingerprint density at radius 3 is 2.47 bits per heavy atom. The second-order valence-electron chi connectivity index (χ2n) is 6.00. The number of nitrogens with two attached hydrogens (primary N) is 1. The average molecular weight is 284 g/mol. The maximum absolute atomic E-state index is 12.4. The van der Waals surface area contributed by atoms with Crippen LogP contribution in [0.25, 0.3) is 0 Å². The Kier molecular flexibility index (Phi) is 6.24. The maximum atomic E-state index is 12.4. The van der Waals surface area contributed by atoms with Crippen molar-refractivity contribution in [2.75, 3.05) is 6.54 Å². The fraction of sp³-hybridized carbons (Fsp3) is 0.867. The quantitative estimate of drug-likeness (QED) is 0.737. The normalized spacial score (nSPS) is 23.9. The van der Waals surface area contributed by atoms with Crippen molar-refractivity contribution in [2.24, 2.45) is 23.0 Å². The van der Waals surface area contributed by atoms with Crippen LogP contribution in [0.5, 0.6) is 0 Å². The third kappa shape index (κ3) is 3.91. The van der Waals surface area contributed by atoms with Gasteiger partial charge in [0.05, 0.1) is 10.4 Å². The van der Waals surface area contributed by atoms with Gasteiger partial charge in [-0.15, -0.1) is 0 Å². The molecule has 110 valence electrons. The van der Waals surface area contributed by atoms with Gasteiger partial charge in [0, 0.05) is 6.54 Å². The largest absolute Gasteiger partial charge is 0.392 e. The molecule has 3 N–H and O–H groups in total. The first-order valence-electron chi connectivity index (χ1n) is 7.54. The number of amides is 1.